The van der Waals surface area contributed by atoms with Gasteiger partial charge < -0.3 is 19.5 Å². The molecule has 2 aromatic rings. The third-order valence-corrected chi connectivity index (χ3v) is 3.76. The molecule has 0 saturated carbocycles. The Kier molecular flexibility index (Phi) is 5.26. The number of nitrogens with one attached hydrogen (secondary N) is 1. The predicted octanol–water partition coefficient (Wildman–Crippen LogP) is 4.61. The molecule has 1 heterocycles. The van der Waals surface area contributed by atoms with Crippen LogP contribution in [0.15, 0.2) is 36.4 Å². The molecule has 0 radical (unpaired) electrons. The summed E-state index contributed by atoms with van der Waals surface area (Å²) in [5.41, 5.74) is 3.01. The molecule has 122 valence electrons. The molecular weight excluding hydrogens is 314 g/mol. The Hall–Kier alpha value is -1.91. The largest absolute Gasteiger partial charge is 0.494 e. The second-order valence-corrected chi connectivity index (χ2v) is 5.83. The quantitative estimate of drug-likeness (QED) is 0.838. The monoisotopic (exact) mass is 333 g/mol. The Morgan fingerprint density at radius 2 is 2.17 bits per heavy atom. The highest BCUT2D eigenvalue weighted by molar-refractivity contribution is 6.30. The Balaban J connectivity index is 1.72. The maximum atomic E-state index is 6.19. The van der Waals surface area contributed by atoms with Crippen LogP contribution in [0.3, 0.4) is 0 Å². The molecule has 4 nitrogen and oxygen atoms in total. The molecule has 1 aliphatic rings. The summed E-state index contributed by atoms with van der Waals surface area (Å²) in [7, 11) is 0. The van der Waals surface area contributed by atoms with E-state index in [1.165, 1.54) is 0 Å². The predicted molar refractivity (Wildman–Crippen MR) is 91.3 cm³/mol. The number of anilines is 1. The van der Waals surface area contributed by atoms with Crippen molar-refractivity contribution in [3.05, 3.63) is 52.5 Å². The summed E-state index contributed by atoms with van der Waals surface area (Å²) in [5, 5.41) is 4.09. The van der Waals surface area contributed by atoms with Gasteiger partial charge in [0.1, 0.15) is 11.5 Å². The third kappa shape index (κ3) is 4.09. The lowest BCUT2D eigenvalue weighted by Gasteiger charge is -2.21. The van der Waals surface area contributed by atoms with Crippen LogP contribution in [0.2, 0.25) is 5.02 Å². The van der Waals surface area contributed by atoms with Crippen LogP contribution in [0.5, 0.6) is 11.5 Å². The van der Waals surface area contributed by atoms with Crippen molar-refractivity contribution in [3.63, 3.8) is 0 Å². The first kappa shape index (κ1) is 16.0. The fourth-order valence-corrected chi connectivity index (χ4v) is 2.76. The van der Waals surface area contributed by atoms with E-state index in [9.17, 15) is 0 Å². The van der Waals surface area contributed by atoms with Crippen molar-refractivity contribution >= 4 is 17.3 Å². The highest BCUT2D eigenvalue weighted by Crippen LogP contribution is 2.32. The van der Waals surface area contributed by atoms with Crippen LogP contribution >= 0.6 is 11.6 Å². The van der Waals surface area contributed by atoms with Gasteiger partial charge in [-0.25, -0.2) is 0 Å². The van der Waals surface area contributed by atoms with Gasteiger partial charge in [0.2, 0.25) is 0 Å². The first-order valence-corrected chi connectivity index (χ1v) is 8.12. The standard InChI is InChI=1S/C18H20ClNO3/c1-2-6-22-17-5-3-4-16(9-17)20-10-13-7-15(19)8-14-11-21-12-23-18(13)14/h3-5,7-9,20H,2,6,10-12H2,1H3. The summed E-state index contributed by atoms with van der Waals surface area (Å²) < 4.78 is 16.6. The number of benzene rings is 2. The van der Waals surface area contributed by atoms with E-state index in [1.807, 2.05) is 36.4 Å². The molecule has 0 spiro atoms. The van der Waals surface area contributed by atoms with Gasteiger partial charge in [-0.1, -0.05) is 24.6 Å². The second-order valence-electron chi connectivity index (χ2n) is 5.39. The minimum atomic E-state index is 0.280. The van der Waals surface area contributed by atoms with Crippen LogP contribution in [0.25, 0.3) is 0 Å². The van der Waals surface area contributed by atoms with Crippen LogP contribution in [-0.2, 0) is 17.9 Å². The van der Waals surface area contributed by atoms with Gasteiger partial charge in [0.25, 0.3) is 0 Å². The number of ether oxygens (including phenoxy) is 3. The van der Waals surface area contributed by atoms with E-state index in [0.29, 0.717) is 18.2 Å². The molecule has 0 amide bonds. The molecule has 2 aromatic carbocycles. The van der Waals surface area contributed by atoms with Gasteiger partial charge in [-0.2, -0.15) is 0 Å². The van der Waals surface area contributed by atoms with Gasteiger partial charge in [0, 0.05) is 34.4 Å². The van der Waals surface area contributed by atoms with Crippen molar-refractivity contribution in [1.82, 2.24) is 0 Å². The Labute approximate surface area is 141 Å². The maximum absolute atomic E-state index is 6.19. The summed E-state index contributed by atoms with van der Waals surface area (Å²) in [6, 6.07) is 11.8. The molecule has 0 aliphatic carbocycles. The van der Waals surface area contributed by atoms with E-state index in [-0.39, 0.29) is 6.79 Å². The number of fused-ring (bicyclic) bond motifs is 1. The van der Waals surface area contributed by atoms with Crippen molar-refractivity contribution in [3.8, 4) is 11.5 Å². The number of rotatable bonds is 6. The maximum Gasteiger partial charge on any atom is 0.189 e. The zero-order valence-corrected chi connectivity index (χ0v) is 13.9. The molecule has 0 bridgehead atoms. The van der Waals surface area contributed by atoms with Gasteiger partial charge in [-0.05, 0) is 30.7 Å². The molecule has 23 heavy (non-hydrogen) atoms. The molecule has 0 aromatic heterocycles. The van der Waals surface area contributed by atoms with Crippen molar-refractivity contribution in [1.29, 1.82) is 0 Å². The van der Waals surface area contributed by atoms with Crippen LogP contribution in [0.4, 0.5) is 5.69 Å². The van der Waals surface area contributed by atoms with Gasteiger partial charge in [0.05, 0.1) is 13.2 Å². The fourth-order valence-electron chi connectivity index (χ4n) is 2.50. The van der Waals surface area contributed by atoms with Crippen molar-refractivity contribution in [2.75, 3.05) is 18.7 Å². The molecule has 0 atom stereocenters. The molecule has 3 rings (SSSR count). The third-order valence-electron chi connectivity index (χ3n) is 3.54. The van der Waals surface area contributed by atoms with E-state index in [2.05, 4.69) is 12.2 Å². The number of hydrogen-bond acceptors (Lipinski definition) is 4. The van der Waals surface area contributed by atoms with E-state index >= 15 is 0 Å². The van der Waals surface area contributed by atoms with Crippen LogP contribution < -0.4 is 14.8 Å². The summed E-state index contributed by atoms with van der Waals surface area (Å²) in [6.07, 6.45) is 0.992. The number of hydrogen-bond donors (Lipinski definition) is 1. The minimum Gasteiger partial charge on any atom is -0.494 e. The number of halogens is 1. The molecular formula is C18H20ClNO3. The fraction of sp³-hybridized carbons (Fsp3) is 0.333. The highest BCUT2D eigenvalue weighted by atomic mass is 35.5. The smallest absolute Gasteiger partial charge is 0.189 e. The highest BCUT2D eigenvalue weighted by Gasteiger charge is 2.16. The summed E-state index contributed by atoms with van der Waals surface area (Å²) in [5.74, 6) is 1.74. The topological polar surface area (TPSA) is 39.7 Å². The van der Waals surface area contributed by atoms with Crippen LogP contribution in [-0.4, -0.2) is 13.4 Å². The van der Waals surface area contributed by atoms with Gasteiger partial charge >= 0.3 is 0 Å². The van der Waals surface area contributed by atoms with E-state index < -0.39 is 0 Å². The molecule has 0 saturated heterocycles. The molecule has 0 unspecified atom stereocenters. The van der Waals surface area contributed by atoms with Crippen LogP contribution in [0.1, 0.15) is 24.5 Å². The lowest BCUT2D eigenvalue weighted by atomic mass is 10.1. The Bertz CT molecular complexity index is 675. The van der Waals surface area contributed by atoms with E-state index in [1.54, 1.807) is 0 Å². The van der Waals surface area contributed by atoms with Crippen molar-refractivity contribution in [2.45, 2.75) is 26.5 Å². The molecule has 1 N–H and O–H groups in total. The van der Waals surface area contributed by atoms with Crippen molar-refractivity contribution in [2.24, 2.45) is 0 Å². The zero-order valence-electron chi connectivity index (χ0n) is 13.1. The second kappa shape index (κ2) is 7.57. The van der Waals surface area contributed by atoms with Crippen molar-refractivity contribution < 1.29 is 14.2 Å². The van der Waals surface area contributed by atoms with E-state index in [4.69, 9.17) is 25.8 Å². The molecule has 1 aliphatic heterocycles. The first-order chi connectivity index (χ1) is 11.3. The SMILES string of the molecule is CCCOc1cccc(NCc2cc(Cl)cc3c2OCOC3)c1. The average Bonchev–Trinajstić information content (AvgIpc) is 2.58. The lowest BCUT2D eigenvalue weighted by Crippen LogP contribution is -2.14. The van der Waals surface area contributed by atoms with Gasteiger partial charge in [-0.3, -0.25) is 0 Å². The summed E-state index contributed by atoms with van der Waals surface area (Å²) in [4.78, 5) is 0. The Morgan fingerprint density at radius 3 is 3.04 bits per heavy atom. The molecule has 0 fully saturated rings. The molecule has 5 heteroatoms. The minimum absolute atomic E-state index is 0.280. The van der Waals surface area contributed by atoms with Gasteiger partial charge in [-0.15, -0.1) is 0 Å². The average molecular weight is 334 g/mol. The summed E-state index contributed by atoms with van der Waals surface area (Å²) >= 11 is 6.19. The Morgan fingerprint density at radius 1 is 1.26 bits per heavy atom. The zero-order chi connectivity index (χ0) is 16.1. The van der Waals surface area contributed by atoms with Gasteiger partial charge in [0.15, 0.2) is 6.79 Å². The normalized spacial score (nSPS) is 13.1. The van der Waals surface area contributed by atoms with E-state index in [0.717, 1.165) is 41.3 Å². The lowest BCUT2D eigenvalue weighted by molar-refractivity contribution is -0.0169. The first-order valence-electron chi connectivity index (χ1n) is 7.75. The van der Waals surface area contributed by atoms with Crippen LogP contribution in [0, 0.1) is 0 Å². The summed E-state index contributed by atoms with van der Waals surface area (Å²) in [6.45, 7) is 4.25.